The molecule has 1 aromatic carbocycles. The number of aromatic nitrogens is 4. The van der Waals surface area contributed by atoms with Crippen LogP contribution in [0.5, 0.6) is 0 Å². The molecule has 0 unspecified atom stereocenters. The molecule has 0 spiro atoms. The second kappa shape index (κ2) is 14.2. The van der Waals surface area contributed by atoms with Gasteiger partial charge in [0.25, 0.3) is 0 Å². The number of nitrogens with two attached hydrogens (primary N) is 1. The second-order valence-electron chi connectivity index (χ2n) is 9.57. The van der Waals surface area contributed by atoms with Gasteiger partial charge in [-0.15, -0.1) is 0 Å². The molecule has 13 heteroatoms. The number of imidazole rings is 1. The van der Waals surface area contributed by atoms with Crippen molar-refractivity contribution >= 4 is 40.6 Å². The smallest absolute Gasteiger partial charge is 0.404 e. The van der Waals surface area contributed by atoms with Gasteiger partial charge in [0.15, 0.2) is 5.82 Å². The van der Waals surface area contributed by atoms with Gasteiger partial charge >= 0.3 is 6.09 Å². The summed E-state index contributed by atoms with van der Waals surface area (Å²) in [5.41, 5.74) is 7.63. The zero-order valence-electron chi connectivity index (χ0n) is 22.5. The van der Waals surface area contributed by atoms with Gasteiger partial charge in [0.05, 0.1) is 41.7 Å². The number of amides is 1. The van der Waals surface area contributed by atoms with Crippen LogP contribution in [0.1, 0.15) is 52.0 Å². The Balaban J connectivity index is 0.000000291. The summed E-state index contributed by atoms with van der Waals surface area (Å²) in [7, 11) is 1.35. The van der Waals surface area contributed by atoms with E-state index in [1.165, 1.54) is 38.6 Å². The molecular weight excluding hydrogens is 529 g/mol. The minimum atomic E-state index is -0.995. The number of fused-ring (bicyclic) bond motifs is 1. The SMILES string of the molecule is CC(C)n1c(N2CCOCC2)nc2c(F)cc(-c3nc(N)ncc3Cl)cc21.CNC(=O)O.OC1CCCCC1. The first kappa shape index (κ1) is 30.3. The van der Waals surface area contributed by atoms with Crippen molar-refractivity contribution in [2.75, 3.05) is 44.0 Å². The van der Waals surface area contributed by atoms with Crippen molar-refractivity contribution in [2.45, 2.75) is 58.1 Å². The Hall–Kier alpha value is -3.22. The van der Waals surface area contributed by atoms with Gasteiger partial charge in [0.1, 0.15) is 5.52 Å². The number of benzene rings is 1. The number of halogens is 2. The van der Waals surface area contributed by atoms with Crippen LogP contribution in [0.3, 0.4) is 0 Å². The molecule has 2 fully saturated rings. The quantitative estimate of drug-likeness (QED) is 0.360. The first-order valence-electron chi connectivity index (χ1n) is 13.0. The van der Waals surface area contributed by atoms with Crippen LogP contribution in [0.4, 0.5) is 21.1 Å². The number of carboxylic acid groups (broad SMARTS) is 1. The number of morpholine rings is 1. The fourth-order valence-electron chi connectivity index (χ4n) is 4.44. The molecule has 0 bridgehead atoms. The van der Waals surface area contributed by atoms with Crippen LogP contribution in [0.15, 0.2) is 18.3 Å². The average molecular weight is 566 g/mol. The Bertz CT molecular complexity index is 1240. The van der Waals surface area contributed by atoms with E-state index in [1.54, 1.807) is 0 Å². The summed E-state index contributed by atoms with van der Waals surface area (Å²) in [6.45, 7) is 6.80. The third-order valence-electron chi connectivity index (χ3n) is 6.37. The normalized spacial score (nSPS) is 15.8. The van der Waals surface area contributed by atoms with E-state index in [0.717, 1.165) is 31.9 Å². The average Bonchev–Trinajstić information content (AvgIpc) is 3.32. The predicted octanol–water partition coefficient (Wildman–Crippen LogP) is 4.48. The van der Waals surface area contributed by atoms with Gasteiger partial charge in [0, 0.05) is 31.7 Å². The molecule has 5 N–H and O–H groups in total. The third-order valence-corrected chi connectivity index (χ3v) is 6.64. The highest BCUT2D eigenvalue weighted by molar-refractivity contribution is 6.33. The van der Waals surface area contributed by atoms with Crippen molar-refractivity contribution in [2.24, 2.45) is 0 Å². The van der Waals surface area contributed by atoms with E-state index in [2.05, 4.69) is 19.9 Å². The lowest BCUT2D eigenvalue weighted by Crippen LogP contribution is -2.38. The largest absolute Gasteiger partial charge is 0.465 e. The number of hydrogen-bond acceptors (Lipinski definition) is 8. The third kappa shape index (κ3) is 8.13. The van der Waals surface area contributed by atoms with E-state index < -0.39 is 11.9 Å². The van der Waals surface area contributed by atoms with Gasteiger partial charge in [0.2, 0.25) is 11.9 Å². The molecule has 3 heterocycles. The summed E-state index contributed by atoms with van der Waals surface area (Å²) in [4.78, 5) is 24.0. The minimum absolute atomic E-state index is 0.0359. The van der Waals surface area contributed by atoms with Crippen LogP contribution in [0.2, 0.25) is 5.02 Å². The molecule has 1 saturated carbocycles. The molecule has 2 aliphatic rings. The molecule has 11 nitrogen and oxygen atoms in total. The first-order valence-corrected chi connectivity index (χ1v) is 13.4. The van der Waals surface area contributed by atoms with Gasteiger partial charge in [-0.2, -0.15) is 0 Å². The van der Waals surface area contributed by atoms with E-state index in [4.69, 9.17) is 32.3 Å². The van der Waals surface area contributed by atoms with Gasteiger partial charge in [-0.1, -0.05) is 30.9 Å². The van der Waals surface area contributed by atoms with Gasteiger partial charge in [-0.05, 0) is 38.8 Å². The molecule has 0 atom stereocenters. The lowest BCUT2D eigenvalue weighted by atomic mass is 9.98. The first-order chi connectivity index (χ1) is 18.6. The van der Waals surface area contributed by atoms with E-state index in [1.807, 2.05) is 29.8 Å². The van der Waals surface area contributed by atoms with E-state index in [-0.39, 0.29) is 18.1 Å². The Morgan fingerprint density at radius 3 is 2.38 bits per heavy atom. The van der Waals surface area contributed by atoms with Crippen LogP contribution < -0.4 is 16.0 Å². The van der Waals surface area contributed by atoms with E-state index >= 15 is 0 Å². The standard InChI is InChI=1S/C18H20ClFN6O.C6H12O.C2H5NO2/c1-10(2)26-14-8-11(15-12(19)9-22-17(21)23-15)7-13(20)16(14)24-18(26)25-3-5-27-6-4-25;7-6-4-2-1-3-5-6;1-3-2(4)5/h7-10H,3-6H2,1-2H3,(H2,21,22,23);6-7H,1-5H2;3H,1H3,(H,4,5). The molecule has 1 aliphatic heterocycles. The molecule has 39 heavy (non-hydrogen) atoms. The molecule has 214 valence electrons. The van der Waals surface area contributed by atoms with Crippen molar-refractivity contribution in [3.63, 3.8) is 0 Å². The lowest BCUT2D eigenvalue weighted by molar-refractivity contribution is 0.121. The van der Waals surface area contributed by atoms with E-state index in [9.17, 15) is 9.18 Å². The fraction of sp³-hybridized carbons (Fsp3) is 0.538. The lowest BCUT2D eigenvalue weighted by Gasteiger charge is -2.29. The van der Waals surface area contributed by atoms with Crippen molar-refractivity contribution in [3.8, 4) is 11.3 Å². The maximum absolute atomic E-state index is 15.0. The Morgan fingerprint density at radius 2 is 1.85 bits per heavy atom. The summed E-state index contributed by atoms with van der Waals surface area (Å²) in [5.74, 6) is 0.401. The van der Waals surface area contributed by atoms with Gasteiger partial charge in [-0.25, -0.2) is 24.1 Å². The summed E-state index contributed by atoms with van der Waals surface area (Å²) in [5, 5.41) is 18.8. The number of rotatable bonds is 3. The summed E-state index contributed by atoms with van der Waals surface area (Å²) >= 11 is 6.22. The van der Waals surface area contributed by atoms with Crippen LogP contribution >= 0.6 is 11.6 Å². The monoisotopic (exact) mass is 565 g/mol. The molecule has 3 aromatic rings. The number of ether oxygens (including phenoxy) is 1. The van der Waals surface area contributed by atoms with E-state index in [0.29, 0.717) is 40.5 Å². The van der Waals surface area contributed by atoms with Crippen LogP contribution in [0.25, 0.3) is 22.3 Å². The number of nitrogens with one attached hydrogen (secondary N) is 1. The van der Waals surface area contributed by atoms with Crippen molar-refractivity contribution in [3.05, 3.63) is 29.2 Å². The molecule has 1 amide bonds. The van der Waals surface area contributed by atoms with Crippen molar-refractivity contribution < 1.29 is 24.1 Å². The topological polar surface area (TPSA) is 152 Å². The highest BCUT2D eigenvalue weighted by atomic mass is 35.5. The van der Waals surface area contributed by atoms with Crippen LogP contribution in [-0.2, 0) is 4.74 Å². The second-order valence-corrected chi connectivity index (χ2v) is 9.98. The Morgan fingerprint density at radius 1 is 1.21 bits per heavy atom. The molecule has 5 rings (SSSR count). The maximum atomic E-state index is 15.0. The summed E-state index contributed by atoms with van der Waals surface area (Å²) in [6.07, 6.45) is 6.35. The minimum Gasteiger partial charge on any atom is -0.465 e. The highest BCUT2D eigenvalue weighted by Gasteiger charge is 2.24. The molecular formula is C26H37ClFN7O4. The molecule has 2 aromatic heterocycles. The maximum Gasteiger partial charge on any atom is 0.404 e. The zero-order valence-corrected chi connectivity index (χ0v) is 23.3. The Labute approximate surface area is 232 Å². The fourth-order valence-corrected chi connectivity index (χ4v) is 4.64. The number of aliphatic hydroxyl groups is 1. The number of aliphatic hydroxyl groups excluding tert-OH is 1. The summed E-state index contributed by atoms with van der Waals surface area (Å²) < 4.78 is 22.4. The molecule has 1 saturated heterocycles. The number of anilines is 2. The molecule has 0 radical (unpaired) electrons. The van der Waals surface area contributed by atoms with Crippen LogP contribution in [-0.4, -0.2) is 75.3 Å². The summed E-state index contributed by atoms with van der Waals surface area (Å²) in [6, 6.07) is 3.33. The van der Waals surface area contributed by atoms with Crippen LogP contribution in [0, 0.1) is 5.82 Å². The van der Waals surface area contributed by atoms with Gasteiger partial charge < -0.3 is 35.5 Å². The van der Waals surface area contributed by atoms with Gasteiger partial charge in [-0.3, -0.25) is 0 Å². The number of nitrogen functional groups attached to an aromatic ring is 1. The molecule has 1 aliphatic carbocycles. The number of nitrogens with zero attached hydrogens (tertiary/aromatic N) is 5. The van der Waals surface area contributed by atoms with Crippen molar-refractivity contribution in [1.82, 2.24) is 24.8 Å². The predicted molar refractivity (Wildman–Crippen MR) is 150 cm³/mol. The zero-order chi connectivity index (χ0) is 28.5. The van der Waals surface area contributed by atoms with Crippen molar-refractivity contribution in [1.29, 1.82) is 0 Å². The number of carbonyl (C=O) groups is 1. The Kier molecular flexibility index (Phi) is 11.1. The number of hydrogen-bond donors (Lipinski definition) is 4. The highest BCUT2D eigenvalue weighted by Crippen LogP contribution is 2.34.